The molecule has 0 saturated heterocycles. The van der Waals surface area contributed by atoms with Gasteiger partial charge in [-0.3, -0.25) is 14.8 Å². The van der Waals surface area contributed by atoms with Gasteiger partial charge in [-0.15, -0.1) is 0 Å². The fourth-order valence-corrected chi connectivity index (χ4v) is 2.05. The van der Waals surface area contributed by atoms with Crippen LogP contribution in [-0.4, -0.2) is 22.9 Å². The van der Waals surface area contributed by atoms with Crippen LogP contribution in [0.2, 0.25) is 0 Å². The molecule has 0 saturated carbocycles. The largest absolute Gasteiger partial charge is 0.311 e. The van der Waals surface area contributed by atoms with Crippen molar-refractivity contribution in [1.82, 2.24) is 9.97 Å². The summed E-state index contributed by atoms with van der Waals surface area (Å²) in [5, 5.41) is 0. The molecule has 0 bridgehead atoms. The number of amides is 1. The minimum atomic E-state index is -0.0474. The topological polar surface area (TPSA) is 46.1 Å². The zero-order chi connectivity index (χ0) is 13.9. The lowest BCUT2D eigenvalue weighted by molar-refractivity contribution is 0.0993. The van der Waals surface area contributed by atoms with Crippen LogP contribution >= 0.6 is 0 Å². The van der Waals surface area contributed by atoms with Crippen molar-refractivity contribution in [2.45, 2.75) is 0 Å². The Bertz CT molecular complexity index is 756. The van der Waals surface area contributed by atoms with Gasteiger partial charge in [0.2, 0.25) is 0 Å². The van der Waals surface area contributed by atoms with Gasteiger partial charge in [0, 0.05) is 30.7 Å². The molecule has 1 aromatic heterocycles. The number of carbonyl (C=O) groups excluding carboxylic acids is 1. The highest BCUT2D eigenvalue weighted by atomic mass is 16.2. The van der Waals surface area contributed by atoms with E-state index in [2.05, 4.69) is 9.97 Å². The molecule has 0 radical (unpaired) electrons. The van der Waals surface area contributed by atoms with E-state index in [0.29, 0.717) is 5.56 Å². The maximum absolute atomic E-state index is 12.4. The van der Waals surface area contributed by atoms with E-state index < -0.39 is 0 Å². The molecule has 20 heavy (non-hydrogen) atoms. The molecule has 0 aliphatic heterocycles. The lowest BCUT2D eigenvalue weighted by Crippen LogP contribution is -2.26. The first kappa shape index (κ1) is 12.3. The second-order valence-corrected chi connectivity index (χ2v) is 4.46. The number of aromatic nitrogens is 2. The minimum absolute atomic E-state index is 0.0474. The molecule has 4 nitrogen and oxygen atoms in total. The number of hydrogen-bond acceptors (Lipinski definition) is 3. The van der Waals surface area contributed by atoms with Crippen molar-refractivity contribution in [1.29, 1.82) is 0 Å². The van der Waals surface area contributed by atoms with Gasteiger partial charge >= 0.3 is 0 Å². The Balaban J connectivity index is 1.96. The Hall–Kier alpha value is -2.75. The molecular formula is C16H13N3O. The molecule has 1 amide bonds. The van der Waals surface area contributed by atoms with Crippen molar-refractivity contribution in [2.24, 2.45) is 0 Å². The summed E-state index contributed by atoms with van der Waals surface area (Å²) in [6, 6.07) is 14.8. The van der Waals surface area contributed by atoms with Gasteiger partial charge in [0.15, 0.2) is 0 Å². The highest BCUT2D eigenvalue weighted by Gasteiger charge is 2.13. The van der Waals surface area contributed by atoms with Gasteiger partial charge in [-0.2, -0.15) is 0 Å². The van der Waals surface area contributed by atoms with E-state index in [1.54, 1.807) is 36.5 Å². The van der Waals surface area contributed by atoms with Gasteiger partial charge in [0.05, 0.1) is 11.0 Å². The zero-order valence-electron chi connectivity index (χ0n) is 11.0. The van der Waals surface area contributed by atoms with Crippen LogP contribution in [0.5, 0.6) is 0 Å². The fourth-order valence-electron chi connectivity index (χ4n) is 2.05. The number of anilines is 1. The summed E-state index contributed by atoms with van der Waals surface area (Å²) in [4.78, 5) is 22.5. The molecular weight excluding hydrogens is 250 g/mol. The standard InChI is InChI=1S/C16H13N3O/c1-19(16(20)12-5-3-2-4-6-12)13-7-8-14-15(11-13)18-10-9-17-14/h2-11H,1H3. The monoisotopic (exact) mass is 263 g/mol. The van der Waals surface area contributed by atoms with E-state index in [0.717, 1.165) is 16.7 Å². The Morgan fingerprint density at radius 3 is 2.40 bits per heavy atom. The molecule has 0 aliphatic rings. The predicted octanol–water partition coefficient (Wildman–Crippen LogP) is 2.91. The first-order valence-corrected chi connectivity index (χ1v) is 6.29. The number of rotatable bonds is 2. The summed E-state index contributed by atoms with van der Waals surface area (Å²) in [7, 11) is 1.76. The SMILES string of the molecule is CN(C(=O)c1ccccc1)c1ccc2nccnc2c1. The average Bonchev–Trinajstić information content (AvgIpc) is 2.54. The number of fused-ring (bicyclic) bond motifs is 1. The molecule has 98 valence electrons. The van der Waals surface area contributed by atoms with Crippen molar-refractivity contribution in [3.05, 3.63) is 66.5 Å². The van der Waals surface area contributed by atoms with Crippen LogP contribution in [-0.2, 0) is 0 Å². The number of hydrogen-bond donors (Lipinski definition) is 0. The fraction of sp³-hybridized carbons (Fsp3) is 0.0625. The molecule has 0 aliphatic carbocycles. The molecule has 3 rings (SSSR count). The van der Waals surface area contributed by atoms with E-state index in [1.807, 2.05) is 36.4 Å². The van der Waals surface area contributed by atoms with Gasteiger partial charge in [0.1, 0.15) is 0 Å². The van der Waals surface area contributed by atoms with Crippen LogP contribution in [0.25, 0.3) is 11.0 Å². The van der Waals surface area contributed by atoms with Crippen molar-refractivity contribution in [2.75, 3.05) is 11.9 Å². The molecule has 0 fully saturated rings. The van der Waals surface area contributed by atoms with Crippen molar-refractivity contribution in [3.8, 4) is 0 Å². The molecule has 4 heteroatoms. The van der Waals surface area contributed by atoms with Gasteiger partial charge in [0.25, 0.3) is 5.91 Å². The van der Waals surface area contributed by atoms with Crippen LogP contribution in [0.1, 0.15) is 10.4 Å². The first-order valence-electron chi connectivity index (χ1n) is 6.29. The van der Waals surface area contributed by atoms with Crippen LogP contribution < -0.4 is 4.90 Å². The highest BCUT2D eigenvalue weighted by Crippen LogP contribution is 2.19. The first-order chi connectivity index (χ1) is 9.75. The van der Waals surface area contributed by atoms with Gasteiger partial charge in [-0.05, 0) is 30.3 Å². The summed E-state index contributed by atoms with van der Waals surface area (Å²) in [6.07, 6.45) is 3.30. The Morgan fingerprint density at radius 2 is 1.65 bits per heavy atom. The van der Waals surface area contributed by atoms with E-state index in [9.17, 15) is 4.79 Å². The predicted molar refractivity (Wildman–Crippen MR) is 78.7 cm³/mol. The van der Waals surface area contributed by atoms with Crippen LogP contribution in [0, 0.1) is 0 Å². The summed E-state index contributed by atoms with van der Waals surface area (Å²) in [5.74, 6) is -0.0474. The Morgan fingerprint density at radius 1 is 0.950 bits per heavy atom. The molecule has 1 heterocycles. The minimum Gasteiger partial charge on any atom is -0.311 e. The molecule has 0 unspecified atom stereocenters. The summed E-state index contributed by atoms with van der Waals surface area (Å²) < 4.78 is 0. The van der Waals surface area contributed by atoms with Gasteiger partial charge < -0.3 is 4.90 Å². The Kier molecular flexibility index (Phi) is 3.13. The average molecular weight is 263 g/mol. The summed E-state index contributed by atoms with van der Waals surface area (Å²) in [5.41, 5.74) is 3.05. The Labute approximate surface area is 116 Å². The normalized spacial score (nSPS) is 10.4. The van der Waals surface area contributed by atoms with Crippen LogP contribution in [0.3, 0.4) is 0 Å². The molecule has 2 aromatic carbocycles. The second-order valence-electron chi connectivity index (χ2n) is 4.46. The third-order valence-corrected chi connectivity index (χ3v) is 3.17. The molecule has 3 aromatic rings. The highest BCUT2D eigenvalue weighted by molar-refractivity contribution is 6.06. The maximum Gasteiger partial charge on any atom is 0.258 e. The second kappa shape index (κ2) is 5.09. The number of carbonyl (C=O) groups is 1. The van der Waals surface area contributed by atoms with Crippen molar-refractivity contribution >= 4 is 22.6 Å². The van der Waals surface area contributed by atoms with Gasteiger partial charge in [-0.25, -0.2) is 0 Å². The smallest absolute Gasteiger partial charge is 0.258 e. The van der Waals surface area contributed by atoms with E-state index in [4.69, 9.17) is 0 Å². The van der Waals surface area contributed by atoms with E-state index in [-0.39, 0.29) is 5.91 Å². The molecule has 0 atom stereocenters. The van der Waals surface area contributed by atoms with Crippen LogP contribution in [0.4, 0.5) is 5.69 Å². The summed E-state index contributed by atoms with van der Waals surface area (Å²) in [6.45, 7) is 0. The van der Waals surface area contributed by atoms with E-state index >= 15 is 0 Å². The van der Waals surface area contributed by atoms with Crippen molar-refractivity contribution in [3.63, 3.8) is 0 Å². The van der Waals surface area contributed by atoms with E-state index in [1.165, 1.54) is 0 Å². The lowest BCUT2D eigenvalue weighted by Gasteiger charge is -2.17. The lowest BCUT2D eigenvalue weighted by atomic mass is 10.2. The van der Waals surface area contributed by atoms with Crippen LogP contribution in [0.15, 0.2) is 60.9 Å². The third-order valence-electron chi connectivity index (χ3n) is 3.17. The number of nitrogens with zero attached hydrogens (tertiary/aromatic N) is 3. The third kappa shape index (κ3) is 2.23. The number of benzene rings is 2. The summed E-state index contributed by atoms with van der Waals surface area (Å²) >= 11 is 0. The molecule has 0 N–H and O–H groups in total. The maximum atomic E-state index is 12.4. The quantitative estimate of drug-likeness (QED) is 0.714. The van der Waals surface area contributed by atoms with Crippen molar-refractivity contribution < 1.29 is 4.79 Å². The van der Waals surface area contributed by atoms with Gasteiger partial charge in [-0.1, -0.05) is 18.2 Å². The molecule has 0 spiro atoms. The zero-order valence-corrected chi connectivity index (χ0v) is 11.0.